The van der Waals surface area contributed by atoms with Crippen LogP contribution in [0.1, 0.15) is 0 Å². The first kappa shape index (κ1) is 9.17. The van der Waals surface area contributed by atoms with Crippen molar-refractivity contribution in [2.24, 2.45) is 0 Å². The van der Waals surface area contributed by atoms with Crippen LogP contribution in [0.2, 0.25) is 0 Å². The van der Waals surface area contributed by atoms with Crippen molar-refractivity contribution in [3.63, 3.8) is 0 Å². The molecule has 63 valence electrons. The summed E-state index contributed by atoms with van der Waals surface area (Å²) in [7, 11) is 0. The van der Waals surface area contributed by atoms with Gasteiger partial charge in [-0.05, 0) is 6.07 Å². The third-order valence-corrected chi connectivity index (χ3v) is 1.44. The second kappa shape index (κ2) is 4.19. The number of rotatable bonds is 1. The molecule has 0 atom stereocenters. The molecule has 0 spiro atoms. The fourth-order valence-corrected chi connectivity index (χ4v) is 0.934. The largest absolute Gasteiger partial charge is 0.436 e. The molecule has 0 amide bonds. The predicted octanol–water partition coefficient (Wildman–Crippen LogP) is 1.67. The van der Waals surface area contributed by atoms with E-state index in [2.05, 4.69) is 11.2 Å². The Hall–Kier alpha value is -0.921. The Morgan fingerprint density at radius 3 is 2.75 bits per heavy atom. The fourth-order valence-electron chi connectivity index (χ4n) is 0.934. The number of pyridine rings is 1. The van der Waals surface area contributed by atoms with Crippen LogP contribution in [0.4, 0.5) is 0 Å². The van der Waals surface area contributed by atoms with E-state index in [0.717, 1.165) is 5.82 Å². The summed E-state index contributed by atoms with van der Waals surface area (Å²) in [5, 5.41) is 0. The Labute approximate surface area is 84.6 Å². The van der Waals surface area contributed by atoms with Gasteiger partial charge in [0.25, 0.3) is 0 Å². The normalized spacial score (nSPS) is 9.00. The summed E-state index contributed by atoms with van der Waals surface area (Å²) in [6, 6.07) is 9.57. The molecule has 0 bridgehead atoms. The van der Waals surface area contributed by atoms with E-state index >= 15 is 0 Å². The van der Waals surface area contributed by atoms with Crippen LogP contribution >= 0.6 is 0 Å². The summed E-state index contributed by atoms with van der Waals surface area (Å²) in [6.45, 7) is 0. The number of hydrogen-bond acceptors (Lipinski definition) is 1. The fraction of sp³-hybridized carbons (Fsp3) is 0. The van der Waals surface area contributed by atoms with Crippen molar-refractivity contribution < 1.29 is 20.1 Å². The standard InChI is InChI=1S/C9H7N2.Ir/c1-2-6-10-9(5-1)11-7-3-4-8-11;/h1-7H;/q-1;. The maximum absolute atomic E-state index is 4.15. The van der Waals surface area contributed by atoms with Gasteiger partial charge in [0.05, 0.1) is 5.82 Å². The van der Waals surface area contributed by atoms with Crippen LogP contribution in [0.5, 0.6) is 0 Å². The van der Waals surface area contributed by atoms with Crippen molar-refractivity contribution >= 4 is 0 Å². The Bertz CT molecular complexity index is 316. The van der Waals surface area contributed by atoms with Gasteiger partial charge in [-0.25, -0.2) is 0 Å². The van der Waals surface area contributed by atoms with Crippen LogP contribution in [-0.4, -0.2) is 9.55 Å². The van der Waals surface area contributed by atoms with Gasteiger partial charge in [-0.2, -0.15) is 6.07 Å². The van der Waals surface area contributed by atoms with Gasteiger partial charge in [-0.1, -0.05) is 18.3 Å². The van der Waals surface area contributed by atoms with Gasteiger partial charge < -0.3 is 4.57 Å². The number of nitrogens with zero attached hydrogens (tertiary/aromatic N) is 2. The molecule has 0 aliphatic rings. The molecule has 0 saturated carbocycles. The summed E-state index contributed by atoms with van der Waals surface area (Å²) >= 11 is 0. The van der Waals surface area contributed by atoms with E-state index in [9.17, 15) is 0 Å². The van der Waals surface area contributed by atoms with Crippen molar-refractivity contribution in [2.45, 2.75) is 0 Å². The summed E-state index contributed by atoms with van der Waals surface area (Å²) in [4.78, 5) is 4.15. The molecule has 12 heavy (non-hydrogen) atoms. The van der Waals surface area contributed by atoms with Crippen LogP contribution in [0, 0.1) is 6.20 Å². The molecule has 2 aromatic heterocycles. The van der Waals surface area contributed by atoms with E-state index in [1.165, 1.54) is 0 Å². The molecular weight excluding hydrogens is 328 g/mol. The maximum Gasteiger partial charge on any atom is 0.0535 e. The first-order chi connectivity index (χ1) is 5.47. The third kappa shape index (κ3) is 1.81. The number of hydrogen-bond donors (Lipinski definition) is 0. The molecule has 2 heterocycles. The van der Waals surface area contributed by atoms with Gasteiger partial charge in [0.2, 0.25) is 0 Å². The molecule has 1 radical (unpaired) electrons. The van der Waals surface area contributed by atoms with Gasteiger partial charge >= 0.3 is 0 Å². The van der Waals surface area contributed by atoms with Crippen molar-refractivity contribution in [1.82, 2.24) is 9.55 Å². The van der Waals surface area contributed by atoms with Crippen LogP contribution in [0.15, 0.2) is 42.7 Å². The number of aromatic nitrogens is 2. The van der Waals surface area contributed by atoms with Crippen LogP contribution in [-0.2, 0) is 20.1 Å². The molecule has 0 fully saturated rings. The van der Waals surface area contributed by atoms with E-state index in [0.29, 0.717) is 0 Å². The quantitative estimate of drug-likeness (QED) is 0.725. The van der Waals surface area contributed by atoms with E-state index in [4.69, 9.17) is 0 Å². The summed E-state index contributed by atoms with van der Waals surface area (Å²) in [6.07, 6.45) is 6.69. The molecule has 3 heteroatoms. The van der Waals surface area contributed by atoms with Gasteiger partial charge in [-0.3, -0.25) is 4.98 Å². The second-order valence-electron chi connectivity index (χ2n) is 2.20. The van der Waals surface area contributed by atoms with Crippen molar-refractivity contribution in [2.75, 3.05) is 0 Å². The van der Waals surface area contributed by atoms with Crippen molar-refractivity contribution in [3.8, 4) is 5.82 Å². The average molecular weight is 335 g/mol. The first-order valence-electron chi connectivity index (χ1n) is 3.43. The molecule has 0 unspecified atom stereocenters. The van der Waals surface area contributed by atoms with Crippen molar-refractivity contribution in [1.29, 1.82) is 0 Å². The summed E-state index contributed by atoms with van der Waals surface area (Å²) in [5.74, 6) is 0.900. The molecule has 0 aliphatic carbocycles. The Morgan fingerprint density at radius 1 is 1.25 bits per heavy atom. The van der Waals surface area contributed by atoms with Crippen LogP contribution < -0.4 is 0 Å². The van der Waals surface area contributed by atoms with Crippen LogP contribution in [0.3, 0.4) is 0 Å². The predicted molar refractivity (Wildman–Crippen MR) is 42.4 cm³/mol. The minimum atomic E-state index is 0. The van der Waals surface area contributed by atoms with Crippen molar-refractivity contribution in [3.05, 3.63) is 48.9 Å². The summed E-state index contributed by atoms with van der Waals surface area (Å²) in [5.41, 5.74) is 0. The smallest absolute Gasteiger partial charge is 0.0535 e. The molecular formula is C9H7IrN2-. The average Bonchev–Trinajstić information content (AvgIpc) is 2.58. The topological polar surface area (TPSA) is 17.8 Å². The maximum atomic E-state index is 4.15. The Kier molecular flexibility index (Phi) is 3.20. The van der Waals surface area contributed by atoms with Gasteiger partial charge in [0.15, 0.2) is 0 Å². The third-order valence-electron chi connectivity index (χ3n) is 1.44. The molecule has 2 nitrogen and oxygen atoms in total. The Morgan fingerprint density at radius 2 is 2.17 bits per heavy atom. The molecule has 0 saturated heterocycles. The van der Waals surface area contributed by atoms with Crippen LogP contribution in [0.25, 0.3) is 5.82 Å². The Balaban J connectivity index is 0.000000720. The minimum Gasteiger partial charge on any atom is -0.436 e. The SMILES string of the molecule is [Ir].[c-]1cccn1-c1ccccn1. The monoisotopic (exact) mass is 336 g/mol. The zero-order chi connectivity index (χ0) is 7.52. The molecule has 0 aliphatic heterocycles. The molecule has 2 aromatic rings. The van der Waals surface area contributed by atoms with Gasteiger partial charge in [0, 0.05) is 26.3 Å². The van der Waals surface area contributed by atoms with Gasteiger partial charge in [0.1, 0.15) is 0 Å². The first-order valence-corrected chi connectivity index (χ1v) is 3.43. The summed E-state index contributed by atoms with van der Waals surface area (Å²) < 4.78 is 1.85. The zero-order valence-corrected chi connectivity index (χ0v) is 8.66. The van der Waals surface area contributed by atoms with E-state index < -0.39 is 0 Å². The zero-order valence-electron chi connectivity index (χ0n) is 6.27. The molecule has 0 aromatic carbocycles. The molecule has 0 N–H and O–H groups in total. The van der Waals surface area contributed by atoms with E-state index in [1.807, 2.05) is 41.1 Å². The minimum absolute atomic E-state index is 0. The van der Waals surface area contributed by atoms with E-state index in [1.54, 1.807) is 6.20 Å². The second-order valence-corrected chi connectivity index (χ2v) is 2.20. The molecule has 2 rings (SSSR count). The van der Waals surface area contributed by atoms with Gasteiger partial charge in [-0.15, -0.1) is 12.3 Å². The van der Waals surface area contributed by atoms with E-state index in [-0.39, 0.29) is 20.1 Å².